The Balaban J connectivity index is 1.87. The Morgan fingerprint density at radius 3 is 2.88 bits per heavy atom. The van der Waals surface area contributed by atoms with Crippen molar-refractivity contribution in [2.24, 2.45) is 11.7 Å². The molecular formula is C12H21N3O. The van der Waals surface area contributed by atoms with Gasteiger partial charge in [0.05, 0.1) is 0 Å². The van der Waals surface area contributed by atoms with Crippen molar-refractivity contribution >= 4 is 5.78 Å². The van der Waals surface area contributed by atoms with E-state index in [1.54, 1.807) is 13.0 Å². The third-order valence-corrected chi connectivity index (χ3v) is 3.62. The van der Waals surface area contributed by atoms with Crippen LogP contribution in [0.1, 0.15) is 6.92 Å². The maximum absolute atomic E-state index is 10.8. The third-order valence-electron chi connectivity index (χ3n) is 3.62. The molecule has 0 bridgehead atoms. The summed E-state index contributed by atoms with van der Waals surface area (Å²) in [6.07, 6.45) is 3.58. The van der Waals surface area contributed by atoms with E-state index in [1.165, 1.54) is 0 Å². The summed E-state index contributed by atoms with van der Waals surface area (Å²) in [6, 6.07) is 0. The van der Waals surface area contributed by atoms with Crippen molar-refractivity contribution in [3.05, 3.63) is 12.2 Å². The molecular weight excluding hydrogens is 202 g/mol. The number of fused-ring (bicyclic) bond motifs is 1. The minimum atomic E-state index is -0.0290. The van der Waals surface area contributed by atoms with Crippen LogP contribution in [0, 0.1) is 5.92 Å². The highest BCUT2D eigenvalue weighted by Gasteiger charge is 2.48. The Hall–Kier alpha value is -0.710. The van der Waals surface area contributed by atoms with Gasteiger partial charge in [-0.25, -0.2) is 0 Å². The number of rotatable bonds is 3. The Morgan fingerprint density at radius 2 is 2.25 bits per heavy atom. The lowest BCUT2D eigenvalue weighted by Crippen LogP contribution is -2.48. The van der Waals surface area contributed by atoms with Crippen molar-refractivity contribution < 1.29 is 4.79 Å². The van der Waals surface area contributed by atoms with Gasteiger partial charge in [-0.2, -0.15) is 0 Å². The fraction of sp³-hybridized carbons (Fsp3) is 0.750. The zero-order chi connectivity index (χ0) is 11.8. The first kappa shape index (κ1) is 11.8. The minimum absolute atomic E-state index is 0.0290. The van der Waals surface area contributed by atoms with Crippen molar-refractivity contribution in [2.45, 2.75) is 12.5 Å². The van der Waals surface area contributed by atoms with Crippen LogP contribution in [0.5, 0.6) is 0 Å². The Morgan fingerprint density at radius 1 is 1.50 bits per heavy atom. The van der Waals surface area contributed by atoms with Crippen LogP contribution in [0.3, 0.4) is 0 Å². The van der Waals surface area contributed by atoms with Crippen LogP contribution in [0.15, 0.2) is 12.2 Å². The molecule has 0 aliphatic carbocycles. The van der Waals surface area contributed by atoms with E-state index in [4.69, 9.17) is 5.73 Å². The molecule has 2 aliphatic heterocycles. The quantitative estimate of drug-likeness (QED) is 0.668. The molecule has 2 unspecified atom stereocenters. The lowest BCUT2D eigenvalue weighted by Gasteiger charge is -2.23. The van der Waals surface area contributed by atoms with Gasteiger partial charge in [-0.05, 0) is 20.0 Å². The predicted molar refractivity (Wildman–Crippen MR) is 64.2 cm³/mol. The lowest BCUT2D eigenvalue weighted by molar-refractivity contribution is -0.112. The molecule has 0 aromatic heterocycles. The summed E-state index contributed by atoms with van der Waals surface area (Å²) in [6.45, 7) is 6.52. The minimum Gasteiger partial charge on any atom is -0.323 e. The maximum atomic E-state index is 10.8. The zero-order valence-electron chi connectivity index (χ0n) is 10.1. The largest absolute Gasteiger partial charge is 0.323 e. The molecule has 0 spiro atoms. The summed E-state index contributed by atoms with van der Waals surface area (Å²) in [5.41, 5.74) is 6.37. The van der Waals surface area contributed by atoms with E-state index in [0.29, 0.717) is 5.92 Å². The summed E-state index contributed by atoms with van der Waals surface area (Å²) in [4.78, 5) is 15.4. The van der Waals surface area contributed by atoms with Crippen molar-refractivity contribution in [2.75, 3.05) is 39.8 Å². The number of carbonyl (C=O) groups is 1. The first-order chi connectivity index (χ1) is 7.49. The molecule has 0 amide bonds. The molecule has 2 fully saturated rings. The number of hydrogen-bond donors (Lipinski definition) is 1. The second-order valence-electron chi connectivity index (χ2n) is 5.33. The monoisotopic (exact) mass is 223 g/mol. The van der Waals surface area contributed by atoms with Gasteiger partial charge in [0.1, 0.15) is 0 Å². The summed E-state index contributed by atoms with van der Waals surface area (Å²) < 4.78 is 0. The summed E-state index contributed by atoms with van der Waals surface area (Å²) in [5.74, 6) is 0.699. The number of hydrogen-bond acceptors (Lipinski definition) is 4. The number of ketones is 1. The van der Waals surface area contributed by atoms with Crippen molar-refractivity contribution in [3.63, 3.8) is 0 Å². The molecule has 0 saturated carbocycles. The smallest absolute Gasteiger partial charge is 0.152 e. The first-order valence-corrected chi connectivity index (χ1v) is 5.86. The third kappa shape index (κ3) is 2.34. The fourth-order valence-electron chi connectivity index (χ4n) is 2.97. The number of nitrogens with zero attached hydrogens (tertiary/aromatic N) is 2. The van der Waals surface area contributed by atoms with E-state index in [0.717, 1.165) is 32.7 Å². The van der Waals surface area contributed by atoms with E-state index in [1.807, 2.05) is 6.08 Å². The average Bonchev–Trinajstić information content (AvgIpc) is 2.54. The van der Waals surface area contributed by atoms with Gasteiger partial charge in [-0.1, -0.05) is 6.08 Å². The van der Waals surface area contributed by atoms with Gasteiger partial charge < -0.3 is 10.6 Å². The molecule has 2 atom stereocenters. The van der Waals surface area contributed by atoms with Gasteiger partial charge in [0.2, 0.25) is 0 Å². The predicted octanol–water partition coefficient (Wildman–Crippen LogP) is -0.294. The van der Waals surface area contributed by atoms with E-state index in [-0.39, 0.29) is 11.3 Å². The molecule has 2 heterocycles. The van der Waals surface area contributed by atoms with Gasteiger partial charge in [0, 0.05) is 44.2 Å². The van der Waals surface area contributed by atoms with Crippen molar-refractivity contribution in [3.8, 4) is 0 Å². The normalized spacial score (nSPS) is 36.1. The molecule has 0 radical (unpaired) electrons. The second-order valence-corrected chi connectivity index (χ2v) is 5.33. The van der Waals surface area contributed by atoms with E-state index < -0.39 is 0 Å². The lowest BCUT2D eigenvalue weighted by atomic mass is 9.92. The molecule has 2 aliphatic rings. The molecule has 16 heavy (non-hydrogen) atoms. The van der Waals surface area contributed by atoms with Crippen LogP contribution >= 0.6 is 0 Å². The Kier molecular flexibility index (Phi) is 3.15. The molecule has 90 valence electrons. The molecule has 2 rings (SSSR count). The number of nitrogens with two attached hydrogens (primary N) is 1. The van der Waals surface area contributed by atoms with Crippen LogP contribution < -0.4 is 5.73 Å². The molecule has 0 aromatic carbocycles. The van der Waals surface area contributed by atoms with E-state index in [9.17, 15) is 4.79 Å². The molecule has 2 N–H and O–H groups in total. The summed E-state index contributed by atoms with van der Waals surface area (Å²) in [7, 11) is 2.13. The molecule has 4 heteroatoms. The standard InChI is InChI=1S/C12H21N3O/c1-10(16)4-3-5-15-7-11-6-14(2)8-12(11,13)9-15/h3-4,11H,5-9,13H2,1-2H3/b4-3+. The van der Waals surface area contributed by atoms with Crippen LogP contribution in [0.4, 0.5) is 0 Å². The number of likely N-dealkylation sites (N-methyl/N-ethyl adjacent to an activating group) is 1. The number of carbonyl (C=O) groups excluding carboxylic acids is 1. The fourth-order valence-corrected chi connectivity index (χ4v) is 2.97. The van der Waals surface area contributed by atoms with Gasteiger partial charge in [0.15, 0.2) is 5.78 Å². The van der Waals surface area contributed by atoms with Crippen LogP contribution in [0.25, 0.3) is 0 Å². The Bertz CT molecular complexity index is 315. The van der Waals surface area contributed by atoms with Gasteiger partial charge in [-0.15, -0.1) is 0 Å². The van der Waals surface area contributed by atoms with E-state index in [2.05, 4.69) is 16.8 Å². The number of allylic oxidation sites excluding steroid dienone is 1. The highest BCUT2D eigenvalue weighted by atomic mass is 16.1. The zero-order valence-corrected chi connectivity index (χ0v) is 10.1. The topological polar surface area (TPSA) is 49.6 Å². The SMILES string of the molecule is CC(=O)/C=C/CN1CC2CN(C)CC2(N)C1. The highest BCUT2D eigenvalue weighted by Crippen LogP contribution is 2.31. The van der Waals surface area contributed by atoms with Crippen molar-refractivity contribution in [1.29, 1.82) is 0 Å². The second kappa shape index (κ2) is 4.28. The van der Waals surface area contributed by atoms with Crippen LogP contribution in [-0.2, 0) is 4.79 Å². The van der Waals surface area contributed by atoms with Crippen LogP contribution in [0.2, 0.25) is 0 Å². The highest BCUT2D eigenvalue weighted by molar-refractivity contribution is 5.87. The molecule has 4 nitrogen and oxygen atoms in total. The summed E-state index contributed by atoms with van der Waals surface area (Å²) in [5, 5.41) is 0. The Labute approximate surface area is 97.1 Å². The average molecular weight is 223 g/mol. The molecule has 0 aromatic rings. The molecule has 2 saturated heterocycles. The van der Waals surface area contributed by atoms with E-state index >= 15 is 0 Å². The first-order valence-electron chi connectivity index (χ1n) is 5.86. The van der Waals surface area contributed by atoms with Crippen molar-refractivity contribution in [1.82, 2.24) is 9.80 Å². The van der Waals surface area contributed by atoms with Gasteiger partial charge in [0.25, 0.3) is 0 Å². The maximum Gasteiger partial charge on any atom is 0.152 e. The van der Waals surface area contributed by atoms with Gasteiger partial charge >= 0.3 is 0 Å². The number of likely N-dealkylation sites (tertiary alicyclic amines) is 2. The van der Waals surface area contributed by atoms with Crippen LogP contribution in [-0.4, -0.2) is 60.9 Å². The van der Waals surface area contributed by atoms with Gasteiger partial charge in [-0.3, -0.25) is 9.69 Å². The summed E-state index contributed by atoms with van der Waals surface area (Å²) >= 11 is 0.